The van der Waals surface area contributed by atoms with Crippen LogP contribution in [0.1, 0.15) is 25.8 Å². The minimum Gasteiger partial charge on any atom is -0.398 e. The first kappa shape index (κ1) is 14.9. The highest BCUT2D eigenvalue weighted by Gasteiger charge is 2.18. The monoisotopic (exact) mass is 272 g/mol. The second kappa shape index (κ2) is 5.69. The molecular weight excluding hydrogens is 252 g/mol. The Morgan fingerprint density at radius 2 is 2.00 bits per heavy atom. The Labute approximate surface area is 108 Å². The van der Waals surface area contributed by atoms with Gasteiger partial charge in [0.2, 0.25) is 10.0 Å². The molecular formula is C12H20N2O3S. The van der Waals surface area contributed by atoms with Gasteiger partial charge in [-0.3, -0.25) is 0 Å². The summed E-state index contributed by atoms with van der Waals surface area (Å²) in [6, 6.07) is 4.29. The second-order valence-electron chi connectivity index (χ2n) is 4.63. The second-order valence-corrected chi connectivity index (χ2v) is 6.34. The molecule has 1 aromatic carbocycles. The molecule has 1 aromatic rings. The number of hydrogen-bond donors (Lipinski definition) is 3. The lowest BCUT2D eigenvalue weighted by atomic mass is 10.2. The van der Waals surface area contributed by atoms with Crippen molar-refractivity contribution in [2.45, 2.75) is 44.2 Å². The minimum atomic E-state index is -3.59. The standard InChI is InChI=1S/C12H20N2O3S/c1-8-4-5-11(7-12(8)13)18(16,17)14-9(2)6-10(3)15/h4-5,7,9-10,14-15H,6,13H2,1-3H3. The van der Waals surface area contributed by atoms with Crippen LogP contribution in [0, 0.1) is 6.92 Å². The summed E-state index contributed by atoms with van der Waals surface area (Å²) in [6.07, 6.45) is -0.189. The number of hydrogen-bond acceptors (Lipinski definition) is 4. The van der Waals surface area contributed by atoms with Crippen LogP contribution in [-0.2, 0) is 10.0 Å². The molecule has 4 N–H and O–H groups in total. The summed E-state index contributed by atoms with van der Waals surface area (Å²) in [7, 11) is -3.59. The van der Waals surface area contributed by atoms with Gasteiger partial charge in [0.05, 0.1) is 11.0 Å². The van der Waals surface area contributed by atoms with Crippen molar-refractivity contribution < 1.29 is 13.5 Å². The molecule has 0 amide bonds. The van der Waals surface area contributed by atoms with Crippen molar-refractivity contribution in [2.24, 2.45) is 0 Å². The van der Waals surface area contributed by atoms with Gasteiger partial charge in [-0.15, -0.1) is 0 Å². The maximum absolute atomic E-state index is 12.0. The molecule has 0 aliphatic heterocycles. The van der Waals surface area contributed by atoms with Gasteiger partial charge in [0.25, 0.3) is 0 Å². The minimum absolute atomic E-state index is 0.142. The highest BCUT2D eigenvalue weighted by molar-refractivity contribution is 7.89. The zero-order valence-electron chi connectivity index (χ0n) is 10.8. The maximum atomic E-state index is 12.0. The van der Waals surface area contributed by atoms with E-state index in [1.165, 1.54) is 12.1 Å². The van der Waals surface area contributed by atoms with Crippen molar-refractivity contribution in [3.05, 3.63) is 23.8 Å². The molecule has 6 heteroatoms. The van der Waals surface area contributed by atoms with Crippen LogP contribution in [0.2, 0.25) is 0 Å². The molecule has 0 heterocycles. The highest BCUT2D eigenvalue weighted by atomic mass is 32.2. The van der Waals surface area contributed by atoms with Gasteiger partial charge in [0.15, 0.2) is 0 Å². The summed E-state index contributed by atoms with van der Waals surface area (Å²) in [5, 5.41) is 9.22. The first-order valence-electron chi connectivity index (χ1n) is 5.79. The van der Waals surface area contributed by atoms with Crippen molar-refractivity contribution in [3.8, 4) is 0 Å². The van der Waals surface area contributed by atoms with Gasteiger partial charge in [0.1, 0.15) is 0 Å². The van der Waals surface area contributed by atoms with Crippen LogP contribution in [0.5, 0.6) is 0 Å². The van der Waals surface area contributed by atoms with Crippen LogP contribution in [0.25, 0.3) is 0 Å². The molecule has 0 spiro atoms. The van der Waals surface area contributed by atoms with Crippen molar-refractivity contribution in [2.75, 3.05) is 5.73 Å². The molecule has 0 radical (unpaired) electrons. The summed E-state index contributed by atoms with van der Waals surface area (Å²) in [4.78, 5) is 0.142. The Morgan fingerprint density at radius 3 is 2.50 bits per heavy atom. The summed E-state index contributed by atoms with van der Waals surface area (Å²) in [6.45, 7) is 5.14. The maximum Gasteiger partial charge on any atom is 0.240 e. The first-order chi connectivity index (χ1) is 8.22. The third kappa shape index (κ3) is 3.97. The van der Waals surface area contributed by atoms with Crippen LogP contribution in [0.4, 0.5) is 5.69 Å². The third-order valence-electron chi connectivity index (χ3n) is 2.61. The number of aryl methyl sites for hydroxylation is 1. The van der Waals surface area contributed by atoms with Crippen LogP contribution >= 0.6 is 0 Å². The Balaban J connectivity index is 2.89. The molecule has 0 saturated carbocycles. The summed E-state index contributed by atoms with van der Waals surface area (Å²) in [5.74, 6) is 0. The number of nitrogens with one attached hydrogen (secondary N) is 1. The Kier molecular flexibility index (Phi) is 4.72. The molecule has 0 aromatic heterocycles. The molecule has 2 unspecified atom stereocenters. The Bertz CT molecular complexity index is 512. The third-order valence-corrected chi connectivity index (χ3v) is 4.20. The quantitative estimate of drug-likeness (QED) is 0.698. The molecule has 18 heavy (non-hydrogen) atoms. The van der Waals surface area contributed by atoms with E-state index in [0.29, 0.717) is 12.1 Å². The molecule has 1 rings (SSSR count). The van der Waals surface area contributed by atoms with Gasteiger partial charge in [-0.25, -0.2) is 13.1 Å². The molecule has 5 nitrogen and oxygen atoms in total. The number of nitrogens with two attached hydrogens (primary N) is 1. The summed E-state index contributed by atoms with van der Waals surface area (Å²) in [5.41, 5.74) is 6.98. The summed E-state index contributed by atoms with van der Waals surface area (Å²) < 4.78 is 26.6. The number of anilines is 1. The van der Waals surface area contributed by atoms with Crippen LogP contribution < -0.4 is 10.5 Å². The van der Waals surface area contributed by atoms with Crippen LogP contribution in [0.3, 0.4) is 0 Å². The normalized spacial score (nSPS) is 15.3. The molecule has 0 aliphatic carbocycles. The van der Waals surface area contributed by atoms with Gasteiger partial charge >= 0.3 is 0 Å². The van der Waals surface area contributed by atoms with E-state index in [1.54, 1.807) is 19.9 Å². The molecule has 0 fully saturated rings. The smallest absolute Gasteiger partial charge is 0.240 e. The SMILES string of the molecule is Cc1ccc(S(=O)(=O)NC(C)CC(C)O)cc1N. The van der Waals surface area contributed by atoms with E-state index in [2.05, 4.69) is 4.72 Å². The number of nitrogen functional groups attached to an aromatic ring is 1. The largest absolute Gasteiger partial charge is 0.398 e. The van der Waals surface area contributed by atoms with Crippen molar-refractivity contribution in [3.63, 3.8) is 0 Å². The van der Waals surface area contributed by atoms with Crippen molar-refractivity contribution in [1.29, 1.82) is 0 Å². The molecule has 0 aliphatic rings. The average molecular weight is 272 g/mol. The molecule has 2 atom stereocenters. The van der Waals surface area contributed by atoms with Crippen LogP contribution in [0.15, 0.2) is 23.1 Å². The van der Waals surface area contributed by atoms with E-state index in [-0.39, 0.29) is 10.9 Å². The van der Waals surface area contributed by atoms with E-state index in [0.717, 1.165) is 5.56 Å². The van der Waals surface area contributed by atoms with Crippen molar-refractivity contribution >= 4 is 15.7 Å². The number of aliphatic hydroxyl groups excluding tert-OH is 1. The highest BCUT2D eigenvalue weighted by Crippen LogP contribution is 2.17. The Hall–Kier alpha value is -1.11. The Morgan fingerprint density at radius 1 is 1.39 bits per heavy atom. The lowest BCUT2D eigenvalue weighted by molar-refractivity contribution is 0.175. The van der Waals surface area contributed by atoms with Gasteiger partial charge < -0.3 is 10.8 Å². The predicted molar refractivity (Wildman–Crippen MR) is 71.7 cm³/mol. The fourth-order valence-electron chi connectivity index (χ4n) is 1.68. The lowest BCUT2D eigenvalue weighted by Gasteiger charge is -2.16. The number of sulfonamides is 1. The summed E-state index contributed by atoms with van der Waals surface area (Å²) >= 11 is 0. The number of aliphatic hydroxyl groups is 1. The van der Waals surface area contributed by atoms with Crippen LogP contribution in [-0.4, -0.2) is 25.7 Å². The zero-order valence-corrected chi connectivity index (χ0v) is 11.7. The lowest BCUT2D eigenvalue weighted by Crippen LogP contribution is -2.34. The molecule has 0 bridgehead atoms. The topological polar surface area (TPSA) is 92.4 Å². The zero-order chi connectivity index (χ0) is 13.9. The van der Waals surface area contributed by atoms with E-state index >= 15 is 0 Å². The average Bonchev–Trinajstić information content (AvgIpc) is 2.19. The number of benzene rings is 1. The molecule has 102 valence electrons. The van der Waals surface area contributed by atoms with Gasteiger partial charge in [-0.2, -0.15) is 0 Å². The predicted octanol–water partition coefficient (Wildman–Crippen LogP) is 1.01. The van der Waals surface area contributed by atoms with E-state index in [9.17, 15) is 13.5 Å². The first-order valence-corrected chi connectivity index (χ1v) is 7.27. The molecule has 0 saturated heterocycles. The van der Waals surface area contributed by atoms with Gasteiger partial charge in [0, 0.05) is 11.7 Å². The van der Waals surface area contributed by atoms with Gasteiger partial charge in [-0.05, 0) is 44.9 Å². The number of rotatable bonds is 5. The fourth-order valence-corrected chi connectivity index (χ4v) is 2.97. The van der Waals surface area contributed by atoms with E-state index in [4.69, 9.17) is 5.73 Å². The van der Waals surface area contributed by atoms with E-state index in [1.807, 2.05) is 6.92 Å². The van der Waals surface area contributed by atoms with Gasteiger partial charge in [-0.1, -0.05) is 6.07 Å². The van der Waals surface area contributed by atoms with Crippen molar-refractivity contribution in [1.82, 2.24) is 4.72 Å². The van der Waals surface area contributed by atoms with E-state index < -0.39 is 16.1 Å². The fraction of sp³-hybridized carbons (Fsp3) is 0.500.